The van der Waals surface area contributed by atoms with Gasteiger partial charge in [-0.2, -0.15) is 0 Å². The first-order chi connectivity index (χ1) is 8.35. The second kappa shape index (κ2) is 6.06. The molecule has 2 heteroatoms. The fourth-order valence-electron chi connectivity index (χ4n) is 2.48. The highest BCUT2D eigenvalue weighted by molar-refractivity contribution is 5.23. The zero-order valence-electron chi connectivity index (χ0n) is 11.0. The van der Waals surface area contributed by atoms with Crippen LogP contribution in [-0.2, 0) is 6.42 Å². The minimum Gasteiger partial charge on any atom is -0.464 e. The molecule has 0 saturated heterocycles. The summed E-state index contributed by atoms with van der Waals surface area (Å²) in [5.74, 6) is 2.16. The van der Waals surface area contributed by atoms with Gasteiger partial charge in [-0.3, -0.25) is 0 Å². The Morgan fingerprint density at radius 1 is 1.29 bits per heavy atom. The van der Waals surface area contributed by atoms with Crippen LogP contribution in [0.5, 0.6) is 0 Å². The van der Waals surface area contributed by atoms with Gasteiger partial charge in [0.1, 0.15) is 11.5 Å². The van der Waals surface area contributed by atoms with Crippen molar-refractivity contribution in [3.63, 3.8) is 0 Å². The van der Waals surface area contributed by atoms with Crippen molar-refractivity contribution in [1.29, 1.82) is 0 Å². The van der Waals surface area contributed by atoms with Gasteiger partial charge < -0.3 is 9.73 Å². The summed E-state index contributed by atoms with van der Waals surface area (Å²) in [5.41, 5.74) is 1.51. The molecule has 0 fully saturated rings. The fraction of sp³-hybridized carbons (Fsp3) is 0.600. The minimum absolute atomic E-state index is 0.292. The van der Waals surface area contributed by atoms with Gasteiger partial charge in [0.05, 0.1) is 6.04 Å². The zero-order valence-corrected chi connectivity index (χ0v) is 11.0. The topological polar surface area (TPSA) is 25.2 Å². The largest absolute Gasteiger partial charge is 0.464 e. The molecule has 1 aliphatic carbocycles. The van der Waals surface area contributed by atoms with Crippen LogP contribution >= 0.6 is 0 Å². The van der Waals surface area contributed by atoms with Gasteiger partial charge in [-0.05, 0) is 49.9 Å². The molecular weight excluding hydrogens is 210 g/mol. The molecule has 0 spiro atoms. The third-order valence-corrected chi connectivity index (χ3v) is 3.42. The van der Waals surface area contributed by atoms with Crippen molar-refractivity contribution < 1.29 is 4.42 Å². The number of likely N-dealkylation sites (N-methyl/N-ethyl adjacent to an activating group) is 1. The van der Waals surface area contributed by atoms with Crippen LogP contribution in [0.4, 0.5) is 0 Å². The van der Waals surface area contributed by atoms with Crippen molar-refractivity contribution in [3.8, 4) is 0 Å². The number of rotatable bonds is 5. The van der Waals surface area contributed by atoms with Gasteiger partial charge in [0.2, 0.25) is 0 Å². The Hall–Kier alpha value is -1.02. The van der Waals surface area contributed by atoms with Crippen LogP contribution < -0.4 is 5.32 Å². The van der Waals surface area contributed by atoms with Crippen LogP contribution in [0.1, 0.15) is 57.1 Å². The molecule has 1 aliphatic rings. The van der Waals surface area contributed by atoms with Gasteiger partial charge in [-0.25, -0.2) is 0 Å². The third-order valence-electron chi connectivity index (χ3n) is 3.42. The lowest BCUT2D eigenvalue weighted by atomic mass is 9.92. The monoisotopic (exact) mass is 233 g/mol. The molecule has 1 aromatic heterocycles. The lowest BCUT2D eigenvalue weighted by Gasteiger charge is -2.22. The van der Waals surface area contributed by atoms with E-state index in [1.807, 2.05) is 0 Å². The number of furan rings is 1. The Bertz CT molecular complexity index is 378. The summed E-state index contributed by atoms with van der Waals surface area (Å²) >= 11 is 0. The quantitative estimate of drug-likeness (QED) is 0.778. The molecule has 1 heterocycles. The standard InChI is InChI=1S/C15H23NO/c1-3-13-10-11-14(17-13)15(16-4-2)12-8-6-5-7-9-12/h8,10-11,15-16H,3-7,9H2,1-2H3. The molecule has 0 radical (unpaired) electrons. The molecular formula is C15H23NO. The molecule has 0 aliphatic heterocycles. The summed E-state index contributed by atoms with van der Waals surface area (Å²) in [5, 5.41) is 3.54. The van der Waals surface area contributed by atoms with Crippen molar-refractivity contribution in [3.05, 3.63) is 35.3 Å². The highest BCUT2D eigenvalue weighted by Gasteiger charge is 2.20. The van der Waals surface area contributed by atoms with Gasteiger partial charge in [-0.1, -0.05) is 19.9 Å². The summed E-state index contributed by atoms with van der Waals surface area (Å²) in [7, 11) is 0. The molecule has 1 N–H and O–H groups in total. The van der Waals surface area contributed by atoms with Gasteiger partial charge in [0, 0.05) is 6.42 Å². The SMILES string of the molecule is CCNC(C1=CCCCC1)c1ccc(CC)o1. The molecule has 0 bridgehead atoms. The van der Waals surface area contributed by atoms with Gasteiger partial charge >= 0.3 is 0 Å². The van der Waals surface area contributed by atoms with E-state index in [0.29, 0.717) is 6.04 Å². The van der Waals surface area contributed by atoms with E-state index in [1.165, 1.54) is 31.3 Å². The molecule has 1 unspecified atom stereocenters. The highest BCUT2D eigenvalue weighted by atomic mass is 16.3. The molecule has 0 saturated carbocycles. The number of aryl methyl sites for hydroxylation is 1. The van der Waals surface area contributed by atoms with Crippen LogP contribution in [-0.4, -0.2) is 6.54 Å². The van der Waals surface area contributed by atoms with Gasteiger partial charge in [-0.15, -0.1) is 0 Å². The van der Waals surface area contributed by atoms with Crippen molar-refractivity contribution in [2.45, 2.75) is 52.0 Å². The Morgan fingerprint density at radius 2 is 2.18 bits per heavy atom. The lowest BCUT2D eigenvalue weighted by Crippen LogP contribution is -2.23. The van der Waals surface area contributed by atoms with E-state index in [1.54, 1.807) is 0 Å². The van der Waals surface area contributed by atoms with E-state index in [4.69, 9.17) is 4.42 Å². The molecule has 1 atom stereocenters. The first kappa shape index (κ1) is 12.4. The second-order valence-electron chi connectivity index (χ2n) is 4.67. The van der Waals surface area contributed by atoms with E-state index < -0.39 is 0 Å². The molecule has 2 rings (SSSR count). The summed E-state index contributed by atoms with van der Waals surface area (Å²) in [6.07, 6.45) is 8.44. The third kappa shape index (κ3) is 3.01. The maximum Gasteiger partial charge on any atom is 0.125 e. The molecule has 17 heavy (non-hydrogen) atoms. The second-order valence-corrected chi connectivity index (χ2v) is 4.67. The molecule has 0 amide bonds. The average Bonchev–Trinajstić information content (AvgIpc) is 2.85. The van der Waals surface area contributed by atoms with Crippen molar-refractivity contribution >= 4 is 0 Å². The number of hydrogen-bond donors (Lipinski definition) is 1. The van der Waals surface area contributed by atoms with E-state index in [9.17, 15) is 0 Å². The predicted octanol–water partition coefficient (Wildman–Crippen LogP) is 3.99. The van der Waals surface area contributed by atoms with Gasteiger partial charge in [0.15, 0.2) is 0 Å². The van der Waals surface area contributed by atoms with E-state index >= 15 is 0 Å². The summed E-state index contributed by atoms with van der Waals surface area (Å²) in [6, 6.07) is 4.52. The smallest absolute Gasteiger partial charge is 0.125 e. The van der Waals surface area contributed by atoms with Gasteiger partial charge in [0.25, 0.3) is 0 Å². The maximum atomic E-state index is 5.90. The lowest BCUT2D eigenvalue weighted by molar-refractivity contribution is 0.414. The summed E-state index contributed by atoms with van der Waals surface area (Å²) < 4.78 is 5.90. The number of nitrogens with one attached hydrogen (secondary N) is 1. The summed E-state index contributed by atoms with van der Waals surface area (Å²) in [6.45, 7) is 5.26. The van der Waals surface area contributed by atoms with Crippen LogP contribution in [0.3, 0.4) is 0 Å². The summed E-state index contributed by atoms with van der Waals surface area (Å²) in [4.78, 5) is 0. The van der Waals surface area contributed by atoms with Crippen molar-refractivity contribution in [2.24, 2.45) is 0 Å². The highest BCUT2D eigenvalue weighted by Crippen LogP contribution is 2.30. The van der Waals surface area contributed by atoms with E-state index in [2.05, 4.69) is 37.4 Å². The van der Waals surface area contributed by atoms with Crippen molar-refractivity contribution in [2.75, 3.05) is 6.54 Å². The van der Waals surface area contributed by atoms with Crippen LogP contribution in [0.2, 0.25) is 0 Å². The van der Waals surface area contributed by atoms with Crippen LogP contribution in [0.15, 0.2) is 28.2 Å². The first-order valence-corrected chi connectivity index (χ1v) is 6.86. The molecule has 94 valence electrons. The van der Waals surface area contributed by atoms with Crippen molar-refractivity contribution in [1.82, 2.24) is 5.32 Å². The Kier molecular flexibility index (Phi) is 4.43. The maximum absolute atomic E-state index is 5.90. The van der Waals surface area contributed by atoms with E-state index in [0.717, 1.165) is 24.5 Å². The Labute approximate surface area is 104 Å². The number of allylic oxidation sites excluding steroid dienone is 1. The van der Waals surface area contributed by atoms with Crippen LogP contribution in [0, 0.1) is 0 Å². The molecule has 0 aromatic carbocycles. The number of hydrogen-bond acceptors (Lipinski definition) is 2. The first-order valence-electron chi connectivity index (χ1n) is 6.86. The Morgan fingerprint density at radius 3 is 2.76 bits per heavy atom. The van der Waals surface area contributed by atoms with Crippen LogP contribution in [0.25, 0.3) is 0 Å². The predicted molar refractivity (Wildman–Crippen MR) is 71.1 cm³/mol. The fourth-order valence-corrected chi connectivity index (χ4v) is 2.48. The molecule has 1 aromatic rings. The zero-order chi connectivity index (χ0) is 12.1. The average molecular weight is 233 g/mol. The van der Waals surface area contributed by atoms with E-state index in [-0.39, 0.29) is 0 Å². The molecule has 2 nitrogen and oxygen atoms in total. The normalized spacial score (nSPS) is 17.9. The minimum atomic E-state index is 0.292. The Balaban J connectivity index is 2.18.